The molecule has 25 heavy (non-hydrogen) atoms. The molecule has 1 heterocycles. The number of fused-ring (bicyclic) bond motifs is 1. The number of aryl methyl sites for hydroxylation is 2. The summed E-state index contributed by atoms with van der Waals surface area (Å²) in [6.45, 7) is 1.40. The first-order valence-electron chi connectivity index (χ1n) is 8.43. The fourth-order valence-electron chi connectivity index (χ4n) is 3.29. The normalized spacial score (nSPS) is 18.4. The van der Waals surface area contributed by atoms with Gasteiger partial charge in [0.15, 0.2) is 0 Å². The molecule has 5 amide bonds. The second kappa shape index (κ2) is 6.66. The van der Waals surface area contributed by atoms with Gasteiger partial charge in [-0.1, -0.05) is 18.2 Å². The molecule has 7 heteroatoms. The maximum atomic E-state index is 12.2. The standard InChI is InChI=1S/C18H21N3O4/c1-11(13-8-7-12-5-3-4-6-14(12)9-13)19-15(22)10-21-17(24)16(23)20(2)18(21)25/h7-9,11H,3-6,10H2,1-2H3,(H,19,22)/t11-/m1/s1. The molecular formula is C18H21N3O4. The van der Waals surface area contributed by atoms with Crippen molar-refractivity contribution in [1.82, 2.24) is 15.1 Å². The summed E-state index contributed by atoms with van der Waals surface area (Å²) in [4.78, 5) is 48.6. The molecule has 1 aliphatic carbocycles. The Hall–Kier alpha value is -2.70. The van der Waals surface area contributed by atoms with Crippen LogP contribution < -0.4 is 5.32 Å². The second-order valence-electron chi connectivity index (χ2n) is 6.56. The minimum atomic E-state index is -0.968. The lowest BCUT2D eigenvalue weighted by molar-refractivity contribution is -0.143. The zero-order valence-corrected chi connectivity index (χ0v) is 14.4. The van der Waals surface area contributed by atoms with E-state index in [2.05, 4.69) is 17.4 Å². The number of carbonyl (C=O) groups excluding carboxylic acids is 4. The van der Waals surface area contributed by atoms with Gasteiger partial charge in [0.1, 0.15) is 6.54 Å². The van der Waals surface area contributed by atoms with Crippen LogP contribution in [-0.2, 0) is 27.2 Å². The van der Waals surface area contributed by atoms with E-state index in [0.29, 0.717) is 9.80 Å². The first kappa shape index (κ1) is 17.1. The number of nitrogens with zero attached hydrogens (tertiary/aromatic N) is 2. The molecule has 1 fully saturated rings. The number of benzene rings is 1. The number of carbonyl (C=O) groups is 4. The number of nitrogens with one attached hydrogen (secondary N) is 1. The highest BCUT2D eigenvalue weighted by Gasteiger charge is 2.43. The molecule has 0 aromatic heterocycles. The summed E-state index contributed by atoms with van der Waals surface area (Å²) in [5.74, 6) is -2.36. The molecule has 2 aliphatic rings. The van der Waals surface area contributed by atoms with Crippen LogP contribution in [0.25, 0.3) is 0 Å². The number of hydrogen-bond acceptors (Lipinski definition) is 4. The Labute approximate surface area is 146 Å². The van der Waals surface area contributed by atoms with Gasteiger partial charge in [-0.3, -0.25) is 19.3 Å². The van der Waals surface area contributed by atoms with Crippen molar-refractivity contribution in [2.75, 3.05) is 13.6 Å². The van der Waals surface area contributed by atoms with Crippen molar-refractivity contribution in [3.8, 4) is 0 Å². The van der Waals surface area contributed by atoms with Crippen molar-refractivity contribution in [3.63, 3.8) is 0 Å². The lowest BCUT2D eigenvalue weighted by Crippen LogP contribution is -2.41. The van der Waals surface area contributed by atoms with E-state index >= 15 is 0 Å². The molecule has 1 aliphatic heterocycles. The third kappa shape index (κ3) is 3.26. The number of imide groups is 2. The van der Waals surface area contributed by atoms with E-state index in [1.54, 1.807) is 0 Å². The van der Waals surface area contributed by atoms with E-state index in [-0.39, 0.29) is 6.04 Å². The van der Waals surface area contributed by atoms with Gasteiger partial charge in [0.2, 0.25) is 5.91 Å². The quantitative estimate of drug-likeness (QED) is 0.657. The molecule has 0 radical (unpaired) electrons. The van der Waals surface area contributed by atoms with Crippen molar-refractivity contribution in [1.29, 1.82) is 0 Å². The summed E-state index contributed by atoms with van der Waals surface area (Å²) in [6, 6.07) is 5.20. The fraction of sp³-hybridized carbons (Fsp3) is 0.444. The van der Waals surface area contributed by atoms with Crippen molar-refractivity contribution in [2.45, 2.75) is 38.6 Å². The Morgan fingerprint density at radius 2 is 1.80 bits per heavy atom. The summed E-state index contributed by atoms with van der Waals surface area (Å²) in [5, 5.41) is 2.79. The predicted octanol–water partition coefficient (Wildman–Crippen LogP) is 1.16. The van der Waals surface area contributed by atoms with Gasteiger partial charge in [-0.25, -0.2) is 9.69 Å². The summed E-state index contributed by atoms with van der Waals surface area (Å²) in [5.41, 5.74) is 3.67. The number of amides is 5. The lowest BCUT2D eigenvalue weighted by Gasteiger charge is -2.21. The van der Waals surface area contributed by atoms with E-state index in [4.69, 9.17) is 0 Å². The zero-order valence-electron chi connectivity index (χ0n) is 14.4. The topological polar surface area (TPSA) is 86.8 Å². The first-order chi connectivity index (χ1) is 11.9. The van der Waals surface area contributed by atoms with E-state index in [1.807, 2.05) is 13.0 Å². The Kier molecular flexibility index (Phi) is 4.57. The van der Waals surface area contributed by atoms with Gasteiger partial charge in [0, 0.05) is 7.05 Å². The van der Waals surface area contributed by atoms with Gasteiger partial charge in [-0.15, -0.1) is 0 Å². The Bertz CT molecular complexity index is 759. The fourth-order valence-corrected chi connectivity index (χ4v) is 3.29. The van der Waals surface area contributed by atoms with E-state index in [9.17, 15) is 19.2 Å². The minimum absolute atomic E-state index is 0.249. The highest BCUT2D eigenvalue weighted by molar-refractivity contribution is 6.44. The van der Waals surface area contributed by atoms with E-state index in [1.165, 1.54) is 31.0 Å². The number of rotatable bonds is 4. The molecule has 1 aromatic carbocycles. The largest absolute Gasteiger partial charge is 0.348 e. The average molecular weight is 343 g/mol. The number of hydrogen-bond donors (Lipinski definition) is 1. The molecule has 0 unspecified atom stereocenters. The Morgan fingerprint density at radius 1 is 1.12 bits per heavy atom. The van der Waals surface area contributed by atoms with Crippen LogP contribution in [0.15, 0.2) is 18.2 Å². The van der Waals surface area contributed by atoms with Crippen LogP contribution in [0.4, 0.5) is 4.79 Å². The average Bonchev–Trinajstić information content (AvgIpc) is 2.79. The van der Waals surface area contributed by atoms with Crippen LogP contribution in [0.5, 0.6) is 0 Å². The smallest absolute Gasteiger partial charge is 0.334 e. The molecule has 1 atom stereocenters. The number of likely N-dealkylation sites (N-methyl/N-ethyl adjacent to an activating group) is 1. The Balaban J connectivity index is 1.64. The molecular weight excluding hydrogens is 322 g/mol. The van der Waals surface area contributed by atoms with Gasteiger partial charge in [-0.05, 0) is 49.3 Å². The Morgan fingerprint density at radius 3 is 2.44 bits per heavy atom. The van der Waals surface area contributed by atoms with Crippen LogP contribution in [0.3, 0.4) is 0 Å². The van der Waals surface area contributed by atoms with Crippen LogP contribution in [0.1, 0.15) is 42.5 Å². The van der Waals surface area contributed by atoms with Crippen LogP contribution >= 0.6 is 0 Å². The third-order valence-electron chi connectivity index (χ3n) is 4.80. The SMILES string of the molecule is C[C@@H](NC(=O)CN1C(=O)C(=O)N(C)C1=O)c1ccc2c(c1)CCCC2. The maximum Gasteiger partial charge on any atom is 0.334 e. The third-order valence-corrected chi connectivity index (χ3v) is 4.80. The van der Waals surface area contributed by atoms with Crippen LogP contribution in [0.2, 0.25) is 0 Å². The van der Waals surface area contributed by atoms with E-state index < -0.39 is 30.3 Å². The second-order valence-corrected chi connectivity index (χ2v) is 6.56. The summed E-state index contributed by atoms with van der Waals surface area (Å²) >= 11 is 0. The maximum absolute atomic E-state index is 12.2. The predicted molar refractivity (Wildman–Crippen MR) is 89.5 cm³/mol. The van der Waals surface area contributed by atoms with Gasteiger partial charge in [0.05, 0.1) is 6.04 Å². The van der Waals surface area contributed by atoms with Gasteiger partial charge in [-0.2, -0.15) is 0 Å². The highest BCUT2D eigenvalue weighted by Crippen LogP contribution is 2.24. The molecule has 3 rings (SSSR count). The first-order valence-corrected chi connectivity index (χ1v) is 8.43. The molecule has 7 nitrogen and oxygen atoms in total. The summed E-state index contributed by atoms with van der Waals surface area (Å²) < 4.78 is 0. The van der Waals surface area contributed by atoms with Crippen molar-refractivity contribution < 1.29 is 19.2 Å². The highest BCUT2D eigenvalue weighted by atomic mass is 16.2. The monoisotopic (exact) mass is 343 g/mol. The van der Waals surface area contributed by atoms with Crippen molar-refractivity contribution >= 4 is 23.8 Å². The molecule has 1 saturated heterocycles. The molecule has 132 valence electrons. The van der Waals surface area contributed by atoms with Crippen molar-refractivity contribution in [2.24, 2.45) is 0 Å². The van der Waals surface area contributed by atoms with Crippen molar-refractivity contribution in [3.05, 3.63) is 34.9 Å². The minimum Gasteiger partial charge on any atom is -0.348 e. The summed E-state index contributed by atoms with van der Waals surface area (Å²) in [6.07, 6.45) is 4.54. The summed E-state index contributed by atoms with van der Waals surface area (Å²) in [7, 11) is 1.22. The van der Waals surface area contributed by atoms with E-state index in [0.717, 1.165) is 18.4 Å². The zero-order chi connectivity index (χ0) is 18.1. The molecule has 0 spiro atoms. The number of urea groups is 1. The van der Waals surface area contributed by atoms with Crippen LogP contribution in [-0.4, -0.2) is 47.1 Å². The van der Waals surface area contributed by atoms with Crippen LogP contribution in [0, 0.1) is 0 Å². The van der Waals surface area contributed by atoms with Gasteiger partial charge in [0.25, 0.3) is 0 Å². The molecule has 1 N–H and O–H groups in total. The molecule has 0 bridgehead atoms. The molecule has 1 aromatic rings. The van der Waals surface area contributed by atoms with Gasteiger partial charge < -0.3 is 5.32 Å². The lowest BCUT2D eigenvalue weighted by atomic mass is 9.89. The van der Waals surface area contributed by atoms with Gasteiger partial charge >= 0.3 is 17.8 Å². The molecule has 0 saturated carbocycles.